The van der Waals surface area contributed by atoms with E-state index in [1.165, 1.54) is 23.3 Å². The Labute approximate surface area is 187 Å². The maximum absolute atomic E-state index is 13.6. The first kappa shape index (κ1) is 21.4. The van der Waals surface area contributed by atoms with Crippen LogP contribution in [0.3, 0.4) is 0 Å². The van der Waals surface area contributed by atoms with Crippen LogP contribution >= 0.6 is 0 Å². The molecule has 8 nitrogen and oxygen atoms in total. The van der Waals surface area contributed by atoms with E-state index in [0.717, 1.165) is 25.1 Å². The maximum Gasteiger partial charge on any atom is 0.417 e. The highest BCUT2D eigenvalue weighted by Gasteiger charge is 2.48. The fourth-order valence-electron chi connectivity index (χ4n) is 4.27. The Bertz CT molecular complexity index is 1150. The van der Waals surface area contributed by atoms with Gasteiger partial charge in [0.15, 0.2) is 5.69 Å². The summed E-state index contributed by atoms with van der Waals surface area (Å²) in [4.78, 5) is 25.0. The lowest BCUT2D eigenvalue weighted by atomic mass is 10.0. The molecule has 1 aliphatic carbocycles. The van der Waals surface area contributed by atoms with Crippen LogP contribution in [0, 0.1) is 18.8 Å². The first-order valence-corrected chi connectivity index (χ1v) is 10.6. The van der Waals surface area contributed by atoms with Crippen molar-refractivity contribution < 1.29 is 22.7 Å². The van der Waals surface area contributed by atoms with Crippen molar-refractivity contribution >= 4 is 5.91 Å². The predicted octanol–water partition coefficient (Wildman–Crippen LogP) is 3.31. The Morgan fingerprint density at radius 2 is 1.91 bits per heavy atom. The number of hydrogen-bond donors (Lipinski definition) is 0. The lowest BCUT2D eigenvalue weighted by Crippen LogP contribution is -2.48. The summed E-state index contributed by atoms with van der Waals surface area (Å²) in [7, 11) is 0. The predicted molar refractivity (Wildman–Crippen MR) is 110 cm³/mol. The highest BCUT2D eigenvalue weighted by Crippen LogP contribution is 2.47. The number of rotatable bonds is 5. The molecule has 4 heterocycles. The van der Waals surface area contributed by atoms with Gasteiger partial charge in [-0.2, -0.15) is 23.4 Å². The number of carbonyl (C=O) groups is 1. The van der Waals surface area contributed by atoms with Gasteiger partial charge in [0, 0.05) is 24.5 Å². The summed E-state index contributed by atoms with van der Waals surface area (Å²) in [5, 5.41) is 8.26. The summed E-state index contributed by atoms with van der Waals surface area (Å²) in [5.41, 5.74) is 0.591. The number of fused-ring (bicyclic) bond motifs is 1. The van der Waals surface area contributed by atoms with Crippen molar-refractivity contribution in [3.8, 4) is 11.6 Å². The summed E-state index contributed by atoms with van der Waals surface area (Å²) in [6.45, 7) is 2.52. The molecule has 0 N–H and O–H groups in total. The topological polar surface area (TPSA) is 86.0 Å². The van der Waals surface area contributed by atoms with Crippen molar-refractivity contribution in [2.24, 2.45) is 11.8 Å². The van der Waals surface area contributed by atoms with E-state index >= 15 is 0 Å². The Hall–Kier alpha value is -3.50. The first-order chi connectivity index (χ1) is 15.8. The molecule has 33 heavy (non-hydrogen) atoms. The van der Waals surface area contributed by atoms with Crippen LogP contribution in [-0.2, 0) is 6.18 Å². The van der Waals surface area contributed by atoms with Gasteiger partial charge in [0.1, 0.15) is 12.3 Å². The van der Waals surface area contributed by atoms with Crippen LogP contribution in [0.5, 0.6) is 5.88 Å². The molecule has 3 aromatic rings. The zero-order valence-electron chi connectivity index (χ0n) is 17.7. The van der Waals surface area contributed by atoms with Crippen LogP contribution in [0.4, 0.5) is 13.2 Å². The molecule has 1 saturated carbocycles. The largest absolute Gasteiger partial charge is 0.475 e. The number of pyridine rings is 2. The van der Waals surface area contributed by atoms with Gasteiger partial charge in [-0.1, -0.05) is 0 Å². The number of amides is 1. The molecule has 0 unspecified atom stereocenters. The third-order valence-electron chi connectivity index (χ3n) is 6.11. The molecule has 172 valence electrons. The summed E-state index contributed by atoms with van der Waals surface area (Å²) in [5.74, 6) is 0.820. The minimum Gasteiger partial charge on any atom is -0.475 e. The van der Waals surface area contributed by atoms with E-state index in [1.807, 2.05) is 0 Å². The van der Waals surface area contributed by atoms with E-state index in [9.17, 15) is 18.0 Å². The van der Waals surface area contributed by atoms with E-state index in [-0.39, 0.29) is 30.1 Å². The number of hydrogen-bond acceptors (Lipinski definition) is 6. The lowest BCUT2D eigenvalue weighted by molar-refractivity contribution is -0.137. The zero-order chi connectivity index (χ0) is 23.2. The van der Waals surface area contributed by atoms with Gasteiger partial charge in [-0.25, -0.2) is 9.97 Å². The minimum absolute atomic E-state index is 0.0865. The van der Waals surface area contributed by atoms with Gasteiger partial charge in [-0.3, -0.25) is 4.79 Å². The monoisotopic (exact) mass is 458 g/mol. The number of likely N-dealkylation sites (tertiary alicyclic amines) is 1. The molecule has 3 atom stereocenters. The normalized spacial score (nSPS) is 22.1. The van der Waals surface area contributed by atoms with Gasteiger partial charge in [-0.15, -0.1) is 4.80 Å². The van der Waals surface area contributed by atoms with Crippen LogP contribution in [-0.4, -0.2) is 55.0 Å². The fraction of sp³-hybridized carbons (Fsp3) is 0.409. The number of nitrogens with zero attached hydrogens (tertiary/aromatic N) is 6. The highest BCUT2D eigenvalue weighted by atomic mass is 19.4. The molecular formula is C22H21F3N6O2. The molecule has 3 aromatic heterocycles. The van der Waals surface area contributed by atoms with E-state index in [2.05, 4.69) is 20.2 Å². The highest BCUT2D eigenvalue weighted by molar-refractivity contribution is 5.96. The fourth-order valence-corrected chi connectivity index (χ4v) is 4.27. The van der Waals surface area contributed by atoms with Crippen LogP contribution < -0.4 is 4.74 Å². The molecule has 0 spiro atoms. The van der Waals surface area contributed by atoms with Gasteiger partial charge in [-0.05, 0) is 49.8 Å². The molecule has 0 aromatic carbocycles. The van der Waals surface area contributed by atoms with Gasteiger partial charge in [0.2, 0.25) is 5.88 Å². The van der Waals surface area contributed by atoms with Crippen LogP contribution in [0.1, 0.15) is 34.6 Å². The number of carbonyl (C=O) groups excluding carboxylic acids is 1. The number of piperidine rings is 1. The van der Waals surface area contributed by atoms with Crippen molar-refractivity contribution in [1.29, 1.82) is 0 Å². The third kappa shape index (κ3) is 4.39. The van der Waals surface area contributed by atoms with Gasteiger partial charge in [0.25, 0.3) is 5.91 Å². The molecule has 1 aliphatic heterocycles. The molecule has 1 saturated heterocycles. The van der Waals surface area contributed by atoms with Crippen LogP contribution in [0.25, 0.3) is 5.69 Å². The Kier molecular flexibility index (Phi) is 5.26. The summed E-state index contributed by atoms with van der Waals surface area (Å²) in [6.07, 6.45) is 1.15. The number of aromatic nitrogens is 5. The van der Waals surface area contributed by atoms with Crippen molar-refractivity contribution in [2.75, 3.05) is 13.2 Å². The minimum atomic E-state index is -4.46. The Morgan fingerprint density at radius 1 is 1.12 bits per heavy atom. The van der Waals surface area contributed by atoms with Crippen molar-refractivity contribution in [2.45, 2.75) is 32.0 Å². The average molecular weight is 458 g/mol. The van der Waals surface area contributed by atoms with Crippen molar-refractivity contribution in [3.05, 3.63) is 59.8 Å². The molecule has 1 amide bonds. The molecule has 0 bridgehead atoms. The lowest BCUT2D eigenvalue weighted by Gasteiger charge is -2.35. The van der Waals surface area contributed by atoms with E-state index in [4.69, 9.17) is 4.74 Å². The molecule has 2 fully saturated rings. The van der Waals surface area contributed by atoms with Gasteiger partial charge in [0.05, 0.1) is 24.0 Å². The van der Waals surface area contributed by atoms with E-state index in [0.29, 0.717) is 29.8 Å². The third-order valence-corrected chi connectivity index (χ3v) is 6.11. The zero-order valence-corrected chi connectivity index (χ0v) is 17.7. The second-order valence-electron chi connectivity index (χ2n) is 8.44. The first-order valence-electron chi connectivity index (χ1n) is 10.6. The van der Waals surface area contributed by atoms with E-state index < -0.39 is 11.7 Å². The summed E-state index contributed by atoms with van der Waals surface area (Å²) < 4.78 is 44.0. The van der Waals surface area contributed by atoms with E-state index in [1.54, 1.807) is 24.0 Å². The van der Waals surface area contributed by atoms with Crippen LogP contribution in [0.15, 0.2) is 42.9 Å². The maximum atomic E-state index is 13.6. The van der Waals surface area contributed by atoms with Crippen LogP contribution in [0.2, 0.25) is 0 Å². The average Bonchev–Trinajstić information content (AvgIpc) is 3.34. The van der Waals surface area contributed by atoms with Crippen molar-refractivity contribution in [3.63, 3.8) is 0 Å². The number of aryl methyl sites for hydroxylation is 1. The standard InChI is InChI=1S/C22H21F3N6O2/c1-13-2-4-18(31-27-6-7-28-31)20(29-13)21(32)30-11-15-8-14(15)9-17(30)12-33-19-5-3-16(10-26-19)22(23,24)25/h2-7,10,14-15,17H,8-9,11-12H2,1H3/t14-,15+,17+/m1/s1. The number of ether oxygens (including phenoxy) is 1. The number of alkyl halides is 3. The number of halogens is 3. The molecule has 11 heteroatoms. The Morgan fingerprint density at radius 3 is 2.61 bits per heavy atom. The van der Waals surface area contributed by atoms with Crippen molar-refractivity contribution in [1.82, 2.24) is 29.9 Å². The second-order valence-corrected chi connectivity index (χ2v) is 8.44. The Balaban J connectivity index is 1.36. The second kappa shape index (κ2) is 8.13. The molecule has 2 aliphatic rings. The SMILES string of the molecule is Cc1ccc(-n2nccn2)c(C(=O)N2C[C@@H]3C[C@@H]3C[C@H]2COc2ccc(C(F)(F)F)cn2)n1. The molecule has 5 rings (SSSR count). The summed E-state index contributed by atoms with van der Waals surface area (Å²) >= 11 is 0. The summed E-state index contributed by atoms with van der Waals surface area (Å²) in [6, 6.07) is 5.44. The van der Waals surface area contributed by atoms with Gasteiger partial charge < -0.3 is 9.64 Å². The smallest absolute Gasteiger partial charge is 0.417 e. The quantitative estimate of drug-likeness (QED) is 0.583. The van der Waals surface area contributed by atoms with Gasteiger partial charge >= 0.3 is 6.18 Å². The molecule has 0 radical (unpaired) electrons. The molecular weight excluding hydrogens is 437 g/mol.